The van der Waals surface area contributed by atoms with Crippen molar-refractivity contribution in [3.05, 3.63) is 51.9 Å². The van der Waals surface area contributed by atoms with Gasteiger partial charge in [0.15, 0.2) is 0 Å². The van der Waals surface area contributed by atoms with E-state index < -0.39 is 10.0 Å². The number of rotatable bonds is 8. The zero-order valence-electron chi connectivity index (χ0n) is 17.0. The summed E-state index contributed by atoms with van der Waals surface area (Å²) in [5, 5.41) is 2.80. The average Bonchev–Trinajstić information content (AvgIpc) is 3.14. The molecule has 2 aromatic rings. The second-order valence-electron chi connectivity index (χ2n) is 7.33. The van der Waals surface area contributed by atoms with Crippen LogP contribution in [0.15, 0.2) is 40.6 Å². The number of benzene rings is 1. The van der Waals surface area contributed by atoms with Crippen molar-refractivity contribution in [2.75, 3.05) is 33.3 Å². The highest BCUT2D eigenvalue weighted by molar-refractivity contribution is 7.91. The van der Waals surface area contributed by atoms with Gasteiger partial charge in [-0.15, -0.1) is 11.3 Å². The van der Waals surface area contributed by atoms with Crippen LogP contribution in [0.2, 0.25) is 4.34 Å². The molecule has 10 heteroatoms. The minimum atomic E-state index is -3.73. The molecule has 0 spiro atoms. The van der Waals surface area contributed by atoms with Crippen LogP contribution < -0.4 is 5.32 Å². The summed E-state index contributed by atoms with van der Waals surface area (Å²) >= 11 is 6.79. The molecule has 1 aliphatic heterocycles. The molecule has 0 aliphatic carbocycles. The Morgan fingerprint density at radius 1 is 1.33 bits per heavy atom. The van der Waals surface area contributed by atoms with Crippen LogP contribution in [0.4, 0.5) is 0 Å². The van der Waals surface area contributed by atoms with E-state index in [0.717, 1.165) is 47.4 Å². The molecule has 1 aliphatic rings. The number of likely N-dealkylation sites (N-methyl/N-ethyl adjacent to an activating group) is 1. The molecule has 2 heterocycles. The predicted octanol–water partition coefficient (Wildman–Crippen LogP) is 2.56. The van der Waals surface area contributed by atoms with E-state index in [1.807, 2.05) is 12.1 Å². The zero-order valence-corrected chi connectivity index (χ0v) is 19.4. The van der Waals surface area contributed by atoms with E-state index in [1.54, 1.807) is 0 Å². The van der Waals surface area contributed by atoms with Gasteiger partial charge in [0.2, 0.25) is 5.91 Å². The number of ether oxygens (including phenoxy) is 1. The number of carbonyl (C=O) groups is 1. The lowest BCUT2D eigenvalue weighted by Gasteiger charge is -2.31. The van der Waals surface area contributed by atoms with Gasteiger partial charge >= 0.3 is 0 Å². The third-order valence-electron chi connectivity index (χ3n) is 4.79. The Labute approximate surface area is 186 Å². The standard InChI is InChI=1S/C20H26ClN3O4S2/c1-15-12-24(8-9-28-15)13-17-5-3-4-16(10-17)11-22-19(25)14-23(2)30(26,27)20-7-6-18(21)29-20/h3-7,10,15H,8-9,11-14H2,1-2H3,(H,22,25). The van der Waals surface area contributed by atoms with Crippen LogP contribution in [0.5, 0.6) is 0 Å². The summed E-state index contributed by atoms with van der Waals surface area (Å²) in [4.78, 5) is 14.6. The van der Waals surface area contributed by atoms with Gasteiger partial charge in [0.05, 0.1) is 23.6 Å². The summed E-state index contributed by atoms with van der Waals surface area (Å²) in [5.41, 5.74) is 2.14. The smallest absolute Gasteiger partial charge is 0.252 e. The molecule has 0 bridgehead atoms. The predicted molar refractivity (Wildman–Crippen MR) is 118 cm³/mol. The third-order valence-corrected chi connectivity index (χ3v) is 8.29. The Morgan fingerprint density at radius 2 is 2.10 bits per heavy atom. The second-order valence-corrected chi connectivity index (χ2v) is 11.3. The minimum Gasteiger partial charge on any atom is -0.376 e. The fourth-order valence-electron chi connectivity index (χ4n) is 3.26. The van der Waals surface area contributed by atoms with E-state index in [1.165, 1.54) is 24.7 Å². The molecule has 0 saturated carbocycles. The van der Waals surface area contributed by atoms with Crippen LogP contribution in [0.3, 0.4) is 0 Å². The Balaban J connectivity index is 1.52. The highest BCUT2D eigenvalue weighted by Crippen LogP contribution is 2.27. The van der Waals surface area contributed by atoms with Gasteiger partial charge in [-0.1, -0.05) is 35.9 Å². The molecule has 1 aromatic carbocycles. The Hall–Kier alpha value is -1.49. The summed E-state index contributed by atoms with van der Waals surface area (Å²) in [6.45, 7) is 5.53. The summed E-state index contributed by atoms with van der Waals surface area (Å²) in [6.07, 6.45) is 0.236. The molecule has 1 atom stereocenters. The Bertz CT molecular complexity index is 980. The first-order valence-corrected chi connectivity index (χ1v) is 12.3. The van der Waals surface area contributed by atoms with Gasteiger partial charge in [-0.25, -0.2) is 8.42 Å². The maximum atomic E-state index is 12.5. The number of halogens is 1. The van der Waals surface area contributed by atoms with E-state index in [4.69, 9.17) is 16.3 Å². The number of hydrogen-bond acceptors (Lipinski definition) is 6. The van der Waals surface area contributed by atoms with Crippen molar-refractivity contribution < 1.29 is 17.9 Å². The second kappa shape index (κ2) is 10.2. The number of nitrogens with one attached hydrogen (secondary N) is 1. The molecule has 1 unspecified atom stereocenters. The summed E-state index contributed by atoms with van der Waals surface area (Å²) < 4.78 is 32.1. The number of amides is 1. The van der Waals surface area contributed by atoms with Crippen LogP contribution in [0, 0.1) is 0 Å². The molecule has 30 heavy (non-hydrogen) atoms. The topological polar surface area (TPSA) is 79.0 Å². The Morgan fingerprint density at radius 3 is 2.80 bits per heavy atom. The lowest BCUT2D eigenvalue weighted by Crippen LogP contribution is -2.40. The van der Waals surface area contributed by atoms with Crippen LogP contribution in [0.25, 0.3) is 0 Å². The fraction of sp³-hybridized carbons (Fsp3) is 0.450. The van der Waals surface area contributed by atoms with Crippen LogP contribution in [0.1, 0.15) is 18.1 Å². The van der Waals surface area contributed by atoms with Crippen molar-refractivity contribution >= 4 is 38.9 Å². The van der Waals surface area contributed by atoms with Gasteiger partial charge in [-0.05, 0) is 30.2 Å². The molecule has 1 amide bonds. The molecular formula is C20H26ClN3O4S2. The number of morpholine rings is 1. The molecule has 3 rings (SSSR count). The van der Waals surface area contributed by atoms with Crippen LogP contribution >= 0.6 is 22.9 Å². The SMILES string of the molecule is CC1CN(Cc2cccc(CNC(=O)CN(C)S(=O)(=O)c3ccc(Cl)s3)c2)CCO1. The number of thiophene rings is 1. The van der Waals surface area contributed by atoms with Crippen molar-refractivity contribution in [2.45, 2.75) is 30.3 Å². The quantitative estimate of drug-likeness (QED) is 0.640. The maximum absolute atomic E-state index is 12.5. The van der Waals surface area contributed by atoms with E-state index in [-0.39, 0.29) is 22.8 Å². The van der Waals surface area contributed by atoms with Crippen molar-refractivity contribution in [3.63, 3.8) is 0 Å². The lowest BCUT2D eigenvalue weighted by atomic mass is 10.1. The lowest BCUT2D eigenvalue weighted by molar-refractivity contribution is -0.121. The van der Waals surface area contributed by atoms with Gasteiger partial charge in [-0.3, -0.25) is 9.69 Å². The van der Waals surface area contributed by atoms with Crippen LogP contribution in [-0.4, -0.2) is 62.9 Å². The molecule has 1 saturated heterocycles. The Kier molecular flexibility index (Phi) is 7.89. The zero-order chi connectivity index (χ0) is 21.7. The van der Waals surface area contributed by atoms with Gasteiger partial charge in [0.25, 0.3) is 10.0 Å². The van der Waals surface area contributed by atoms with E-state index >= 15 is 0 Å². The first kappa shape index (κ1) is 23.2. The first-order chi connectivity index (χ1) is 14.2. The number of carbonyl (C=O) groups excluding carboxylic acids is 1. The molecular weight excluding hydrogens is 446 g/mol. The van der Waals surface area contributed by atoms with Gasteiger partial charge in [0, 0.05) is 33.2 Å². The average molecular weight is 472 g/mol. The molecule has 164 valence electrons. The summed E-state index contributed by atoms with van der Waals surface area (Å²) in [7, 11) is -2.35. The van der Waals surface area contributed by atoms with Gasteiger partial charge in [0.1, 0.15) is 4.21 Å². The number of hydrogen-bond donors (Lipinski definition) is 1. The van der Waals surface area contributed by atoms with Crippen LogP contribution in [-0.2, 0) is 32.6 Å². The first-order valence-electron chi connectivity index (χ1n) is 9.64. The fourth-order valence-corrected chi connectivity index (χ4v) is 6.08. The van der Waals surface area contributed by atoms with Crippen molar-refractivity contribution in [2.24, 2.45) is 0 Å². The largest absolute Gasteiger partial charge is 0.376 e. The maximum Gasteiger partial charge on any atom is 0.252 e. The van der Waals surface area contributed by atoms with Crippen molar-refractivity contribution in [3.8, 4) is 0 Å². The number of sulfonamides is 1. The van der Waals surface area contributed by atoms with Gasteiger partial charge < -0.3 is 10.1 Å². The monoisotopic (exact) mass is 471 g/mol. The molecule has 1 N–H and O–H groups in total. The van der Waals surface area contributed by atoms with E-state index in [2.05, 4.69) is 29.3 Å². The highest BCUT2D eigenvalue weighted by atomic mass is 35.5. The minimum absolute atomic E-state index is 0.118. The van der Waals surface area contributed by atoms with Crippen molar-refractivity contribution in [1.82, 2.24) is 14.5 Å². The number of nitrogens with zero attached hydrogens (tertiary/aromatic N) is 2. The molecule has 1 aromatic heterocycles. The normalized spacial score (nSPS) is 17.9. The summed E-state index contributed by atoms with van der Waals surface area (Å²) in [5.74, 6) is -0.365. The molecule has 1 fully saturated rings. The highest BCUT2D eigenvalue weighted by Gasteiger charge is 2.24. The molecule has 0 radical (unpaired) electrons. The third kappa shape index (κ3) is 6.26. The van der Waals surface area contributed by atoms with E-state index in [0.29, 0.717) is 10.9 Å². The van der Waals surface area contributed by atoms with Crippen molar-refractivity contribution in [1.29, 1.82) is 0 Å². The van der Waals surface area contributed by atoms with Gasteiger partial charge in [-0.2, -0.15) is 4.31 Å². The summed E-state index contributed by atoms with van der Waals surface area (Å²) in [6, 6.07) is 11.0. The molecule has 7 nitrogen and oxygen atoms in total. The van der Waals surface area contributed by atoms with E-state index in [9.17, 15) is 13.2 Å².